The number of ether oxygens (including phenoxy) is 1. The highest BCUT2D eigenvalue weighted by atomic mass is 28.3. The summed E-state index contributed by atoms with van der Waals surface area (Å²) in [6.45, 7) is 22.5. The summed E-state index contributed by atoms with van der Waals surface area (Å²) in [7, 11) is -1.73. The van der Waals surface area contributed by atoms with Crippen molar-refractivity contribution < 1.29 is 4.74 Å². The van der Waals surface area contributed by atoms with E-state index in [4.69, 9.17) is 4.74 Å². The first-order valence-electron chi connectivity index (χ1n) is 18.0. The van der Waals surface area contributed by atoms with Gasteiger partial charge in [0.15, 0.2) is 0 Å². The quantitative estimate of drug-likeness (QED) is 0.267. The SMILES string of the molecule is CCc1ccc(C2=CC=CC3C2CC(C(C)C)C3[Si](C)(C)C2C(C)CC3C(c4ccc(COC(C)(C)C)cc4)=CC=CC32)cc1. The maximum Gasteiger partial charge on any atom is 0.0724 e. The largest absolute Gasteiger partial charge is 0.371 e. The molecular weight excluding hydrogens is 561 g/mol. The van der Waals surface area contributed by atoms with Gasteiger partial charge in [-0.15, -0.1) is 0 Å². The normalized spacial score (nSPS) is 31.2. The molecular formula is C43H58OSi. The van der Waals surface area contributed by atoms with E-state index in [0.29, 0.717) is 30.3 Å². The Morgan fingerprint density at radius 3 is 1.78 bits per heavy atom. The Morgan fingerprint density at radius 2 is 1.27 bits per heavy atom. The van der Waals surface area contributed by atoms with Crippen LogP contribution >= 0.6 is 0 Å². The Morgan fingerprint density at radius 1 is 0.756 bits per heavy atom. The Labute approximate surface area is 276 Å². The zero-order valence-corrected chi connectivity index (χ0v) is 30.5. The van der Waals surface area contributed by atoms with E-state index in [1.54, 1.807) is 11.1 Å². The van der Waals surface area contributed by atoms with Gasteiger partial charge in [0.2, 0.25) is 0 Å². The zero-order valence-electron chi connectivity index (χ0n) is 29.5. The molecule has 6 rings (SSSR count). The summed E-state index contributed by atoms with van der Waals surface area (Å²) in [5.41, 5.74) is 10.2. The van der Waals surface area contributed by atoms with E-state index in [1.165, 1.54) is 35.1 Å². The van der Waals surface area contributed by atoms with Crippen molar-refractivity contribution in [2.75, 3.05) is 0 Å². The van der Waals surface area contributed by atoms with Crippen LogP contribution in [-0.2, 0) is 17.8 Å². The predicted octanol–water partition coefficient (Wildman–Crippen LogP) is 11.8. The molecule has 0 radical (unpaired) electrons. The average Bonchev–Trinajstić information content (AvgIpc) is 3.59. The van der Waals surface area contributed by atoms with Crippen LogP contribution in [0.5, 0.6) is 0 Å². The van der Waals surface area contributed by atoms with Crippen LogP contribution in [0.25, 0.3) is 11.1 Å². The van der Waals surface area contributed by atoms with Crippen molar-refractivity contribution >= 4 is 19.2 Å². The Balaban J connectivity index is 1.26. The fraction of sp³-hybridized carbons (Fsp3) is 0.535. The molecule has 0 amide bonds. The van der Waals surface area contributed by atoms with E-state index in [2.05, 4.69) is 147 Å². The zero-order chi connectivity index (χ0) is 32.1. The average molecular weight is 619 g/mol. The molecule has 2 heteroatoms. The monoisotopic (exact) mass is 618 g/mol. The van der Waals surface area contributed by atoms with Crippen LogP contribution in [0.15, 0.2) is 85.0 Å². The lowest BCUT2D eigenvalue weighted by Crippen LogP contribution is -2.46. The second-order valence-electron chi connectivity index (χ2n) is 16.8. The maximum absolute atomic E-state index is 6.06. The molecule has 45 heavy (non-hydrogen) atoms. The highest BCUT2D eigenvalue weighted by molar-refractivity contribution is 6.80. The second-order valence-corrected chi connectivity index (χ2v) is 21.7. The van der Waals surface area contributed by atoms with Crippen molar-refractivity contribution in [2.24, 2.45) is 41.4 Å². The van der Waals surface area contributed by atoms with Gasteiger partial charge in [0.05, 0.1) is 20.3 Å². The lowest BCUT2D eigenvalue weighted by Gasteiger charge is -2.47. The Bertz CT molecular complexity index is 1460. The minimum atomic E-state index is -1.73. The van der Waals surface area contributed by atoms with Gasteiger partial charge in [-0.2, -0.15) is 0 Å². The van der Waals surface area contributed by atoms with Crippen molar-refractivity contribution in [3.8, 4) is 0 Å². The van der Waals surface area contributed by atoms with E-state index >= 15 is 0 Å². The lowest BCUT2D eigenvalue weighted by molar-refractivity contribution is -0.0149. The van der Waals surface area contributed by atoms with Gasteiger partial charge < -0.3 is 4.74 Å². The summed E-state index contributed by atoms with van der Waals surface area (Å²) in [5, 5.41) is 0. The molecule has 1 nitrogen and oxygen atoms in total. The first kappa shape index (κ1) is 32.5. The van der Waals surface area contributed by atoms with Crippen molar-refractivity contribution in [3.05, 3.63) is 107 Å². The summed E-state index contributed by atoms with van der Waals surface area (Å²) >= 11 is 0. The van der Waals surface area contributed by atoms with Crippen LogP contribution in [0.1, 0.15) is 83.6 Å². The van der Waals surface area contributed by atoms with Crippen LogP contribution in [0.4, 0.5) is 0 Å². The molecule has 2 saturated carbocycles. The van der Waals surface area contributed by atoms with Crippen molar-refractivity contribution in [2.45, 2.75) is 104 Å². The molecule has 0 N–H and O–H groups in total. The molecule has 0 heterocycles. The van der Waals surface area contributed by atoms with Crippen LogP contribution in [0.3, 0.4) is 0 Å². The van der Waals surface area contributed by atoms with E-state index in [1.807, 2.05) is 0 Å². The molecule has 2 aromatic carbocycles. The van der Waals surface area contributed by atoms with Crippen molar-refractivity contribution in [1.82, 2.24) is 0 Å². The number of aryl methyl sites for hydroxylation is 1. The number of allylic oxidation sites excluding steroid dienone is 8. The van der Waals surface area contributed by atoms with Gasteiger partial charge in [0.25, 0.3) is 0 Å². The molecule has 2 aromatic rings. The van der Waals surface area contributed by atoms with Gasteiger partial charge in [-0.05, 0) is 126 Å². The first-order chi connectivity index (χ1) is 21.4. The molecule has 0 saturated heterocycles. The topological polar surface area (TPSA) is 9.23 Å². The number of hydrogen-bond acceptors (Lipinski definition) is 1. The van der Waals surface area contributed by atoms with E-state index in [0.717, 1.165) is 35.3 Å². The summed E-state index contributed by atoms with van der Waals surface area (Å²) in [5.74, 6) is 4.86. The van der Waals surface area contributed by atoms with E-state index in [9.17, 15) is 0 Å². The number of hydrogen-bond donors (Lipinski definition) is 0. The molecule has 2 fully saturated rings. The number of benzene rings is 2. The third kappa shape index (κ3) is 6.31. The molecule has 4 aliphatic carbocycles. The van der Waals surface area contributed by atoms with Gasteiger partial charge in [-0.25, -0.2) is 0 Å². The number of fused-ring (bicyclic) bond motifs is 2. The van der Waals surface area contributed by atoms with Gasteiger partial charge in [0, 0.05) is 0 Å². The van der Waals surface area contributed by atoms with Gasteiger partial charge in [-0.1, -0.05) is 126 Å². The molecule has 0 bridgehead atoms. The fourth-order valence-electron chi connectivity index (χ4n) is 10.3. The Hall–Kier alpha value is -2.42. The first-order valence-corrected chi connectivity index (χ1v) is 21.1. The van der Waals surface area contributed by atoms with Gasteiger partial charge in [-0.3, -0.25) is 0 Å². The summed E-state index contributed by atoms with van der Waals surface area (Å²) < 4.78 is 6.06. The van der Waals surface area contributed by atoms with Crippen LogP contribution in [-0.4, -0.2) is 13.7 Å². The summed E-state index contributed by atoms with van der Waals surface area (Å²) in [6, 6.07) is 18.8. The third-order valence-corrected chi connectivity index (χ3v) is 17.4. The van der Waals surface area contributed by atoms with Gasteiger partial charge in [0.1, 0.15) is 0 Å². The molecule has 240 valence electrons. The molecule has 4 aliphatic rings. The van der Waals surface area contributed by atoms with Crippen molar-refractivity contribution in [1.29, 1.82) is 0 Å². The van der Waals surface area contributed by atoms with Crippen LogP contribution < -0.4 is 0 Å². The maximum atomic E-state index is 6.06. The van der Waals surface area contributed by atoms with E-state index < -0.39 is 8.07 Å². The highest BCUT2D eigenvalue weighted by Crippen LogP contribution is 2.65. The predicted molar refractivity (Wildman–Crippen MR) is 197 cm³/mol. The summed E-state index contributed by atoms with van der Waals surface area (Å²) in [4.78, 5) is 0. The lowest BCUT2D eigenvalue weighted by atomic mass is 9.81. The summed E-state index contributed by atoms with van der Waals surface area (Å²) in [6.07, 6.45) is 18.7. The molecule has 0 aromatic heterocycles. The minimum Gasteiger partial charge on any atom is -0.371 e. The highest BCUT2D eigenvalue weighted by Gasteiger charge is 2.58. The molecule has 8 unspecified atom stereocenters. The standard InChI is InChI=1S/C43H58OSi/c1-10-30-17-21-32(22-18-30)35-14-12-16-37-40(35)26-38(28(2)3)42(37)45(8,9)41-29(4)25-39-34(13-11-15-36(39)41)33-23-19-31(20-24-33)27-44-43(5,6)7/h11-24,28-29,36-42H,10,25-27H2,1-9H3. The van der Waals surface area contributed by atoms with Crippen LogP contribution in [0.2, 0.25) is 24.2 Å². The molecule has 0 spiro atoms. The second kappa shape index (κ2) is 12.6. The van der Waals surface area contributed by atoms with Crippen molar-refractivity contribution in [3.63, 3.8) is 0 Å². The third-order valence-electron chi connectivity index (χ3n) is 12.2. The molecule has 0 aliphatic heterocycles. The smallest absolute Gasteiger partial charge is 0.0724 e. The van der Waals surface area contributed by atoms with Gasteiger partial charge >= 0.3 is 0 Å². The fourth-order valence-corrected chi connectivity index (χ4v) is 16.6. The van der Waals surface area contributed by atoms with E-state index in [-0.39, 0.29) is 5.60 Å². The van der Waals surface area contributed by atoms with Crippen LogP contribution in [0, 0.1) is 41.4 Å². The molecule has 8 atom stereocenters. The number of rotatable bonds is 8. The Kier molecular flexibility index (Phi) is 9.14. The minimum absolute atomic E-state index is 0.117.